The molecular weight excluding hydrogens is 440 g/mol. The number of nitrogen functional groups attached to an aromatic ring is 1. The molecule has 33 heavy (non-hydrogen) atoms. The second kappa shape index (κ2) is 8.03. The van der Waals surface area contributed by atoms with Gasteiger partial charge in [-0.05, 0) is 29.7 Å². The number of pyridine rings is 1. The van der Waals surface area contributed by atoms with Crippen LogP contribution in [0.3, 0.4) is 0 Å². The van der Waals surface area contributed by atoms with Gasteiger partial charge in [0.1, 0.15) is 11.3 Å². The minimum atomic E-state index is -0.798. The van der Waals surface area contributed by atoms with Crippen LogP contribution in [0.25, 0.3) is 37.4 Å². The minimum absolute atomic E-state index is 0.0573. The van der Waals surface area contributed by atoms with Crippen molar-refractivity contribution in [1.82, 2.24) is 14.8 Å². The van der Waals surface area contributed by atoms with Crippen molar-refractivity contribution in [2.45, 2.75) is 0 Å². The Morgan fingerprint density at radius 2 is 1.67 bits per heavy atom. The van der Waals surface area contributed by atoms with Crippen molar-refractivity contribution in [1.29, 1.82) is 0 Å². The maximum absolute atomic E-state index is 12.6. The second-order valence-electron chi connectivity index (χ2n) is 7.18. The maximum Gasteiger partial charge on any atom is 0.357 e. The zero-order valence-electron chi connectivity index (χ0n) is 17.7. The summed E-state index contributed by atoms with van der Waals surface area (Å²) in [7, 11) is 2.43. The van der Waals surface area contributed by atoms with Gasteiger partial charge < -0.3 is 15.2 Å². The van der Waals surface area contributed by atoms with Crippen molar-refractivity contribution in [3.8, 4) is 16.3 Å². The highest BCUT2D eigenvalue weighted by Crippen LogP contribution is 2.40. The van der Waals surface area contributed by atoms with Crippen LogP contribution in [0.1, 0.15) is 20.8 Å². The molecule has 8 nitrogen and oxygen atoms in total. The molecule has 0 saturated carbocycles. The van der Waals surface area contributed by atoms with E-state index in [2.05, 4.69) is 4.98 Å². The molecule has 0 saturated heterocycles. The number of benzene rings is 2. The number of carbonyl (C=O) groups excluding carboxylic acids is 2. The lowest BCUT2D eigenvalue weighted by Crippen LogP contribution is -2.17. The molecule has 0 aliphatic rings. The summed E-state index contributed by atoms with van der Waals surface area (Å²) < 4.78 is 12.4. The molecule has 2 aromatic carbocycles. The van der Waals surface area contributed by atoms with E-state index < -0.39 is 11.9 Å². The van der Waals surface area contributed by atoms with Crippen molar-refractivity contribution in [2.75, 3.05) is 20.0 Å². The van der Waals surface area contributed by atoms with Crippen molar-refractivity contribution >= 4 is 50.1 Å². The van der Waals surface area contributed by atoms with Crippen LogP contribution in [-0.2, 0) is 9.47 Å². The molecule has 5 aromatic rings. The van der Waals surface area contributed by atoms with E-state index in [9.17, 15) is 9.59 Å². The summed E-state index contributed by atoms with van der Waals surface area (Å²) in [6, 6.07) is 19.4. The molecule has 0 fully saturated rings. The standard InChI is InChI=1S/C24H18N4O4S/c1-31-23(29)18-19(25)17-20(16-12-13-8-6-7-11-15(13)33-16)27-28(14-9-4-3-5-10-14)22(17)26-21(18)24(30)32-2/h3-12H,1-2H3,(H2,25,26). The highest BCUT2D eigenvalue weighted by molar-refractivity contribution is 7.22. The Morgan fingerprint density at radius 3 is 2.36 bits per heavy atom. The summed E-state index contributed by atoms with van der Waals surface area (Å²) >= 11 is 1.55. The summed E-state index contributed by atoms with van der Waals surface area (Å²) in [5.74, 6) is -1.58. The van der Waals surface area contributed by atoms with Gasteiger partial charge in [0, 0.05) is 4.70 Å². The molecule has 0 aliphatic carbocycles. The number of aromatic nitrogens is 3. The molecule has 0 radical (unpaired) electrons. The maximum atomic E-state index is 12.6. The van der Waals surface area contributed by atoms with Gasteiger partial charge >= 0.3 is 11.9 Å². The van der Waals surface area contributed by atoms with E-state index in [1.165, 1.54) is 14.2 Å². The highest BCUT2D eigenvalue weighted by atomic mass is 32.1. The van der Waals surface area contributed by atoms with Crippen LogP contribution in [0.4, 0.5) is 5.69 Å². The number of anilines is 1. The largest absolute Gasteiger partial charge is 0.465 e. The molecule has 5 rings (SSSR count). The van der Waals surface area contributed by atoms with Gasteiger partial charge in [-0.25, -0.2) is 19.3 Å². The first-order chi connectivity index (χ1) is 16.0. The number of nitrogens with two attached hydrogens (primary N) is 1. The van der Waals surface area contributed by atoms with Crippen LogP contribution in [-0.4, -0.2) is 40.9 Å². The fraction of sp³-hybridized carbons (Fsp3) is 0.0833. The van der Waals surface area contributed by atoms with Gasteiger partial charge in [0.05, 0.1) is 35.9 Å². The molecule has 9 heteroatoms. The lowest BCUT2D eigenvalue weighted by Gasteiger charge is -2.11. The Kier molecular flexibility index (Phi) is 5.02. The molecule has 3 aromatic heterocycles. The SMILES string of the molecule is COC(=O)c1nc2c(c(-c3cc4ccccc4s3)nn2-c2ccccc2)c(N)c1C(=O)OC. The predicted molar refractivity (Wildman–Crippen MR) is 127 cm³/mol. The summed E-state index contributed by atoms with van der Waals surface area (Å²) in [4.78, 5) is 30.5. The number of carbonyl (C=O) groups is 2. The van der Waals surface area contributed by atoms with Crippen LogP contribution in [0.2, 0.25) is 0 Å². The van der Waals surface area contributed by atoms with Gasteiger partial charge in [0.2, 0.25) is 0 Å². The Bertz CT molecular complexity index is 1510. The Morgan fingerprint density at radius 1 is 0.970 bits per heavy atom. The number of hydrogen-bond acceptors (Lipinski definition) is 8. The number of para-hydroxylation sites is 1. The van der Waals surface area contributed by atoms with Crippen LogP contribution >= 0.6 is 11.3 Å². The molecule has 0 spiro atoms. The van der Waals surface area contributed by atoms with Gasteiger partial charge in [-0.1, -0.05) is 36.4 Å². The summed E-state index contributed by atoms with van der Waals surface area (Å²) in [6.07, 6.45) is 0. The minimum Gasteiger partial charge on any atom is -0.465 e. The van der Waals surface area contributed by atoms with Gasteiger partial charge in [-0.3, -0.25) is 0 Å². The van der Waals surface area contributed by atoms with Crippen LogP contribution < -0.4 is 5.73 Å². The lowest BCUT2D eigenvalue weighted by molar-refractivity contribution is 0.0551. The van der Waals surface area contributed by atoms with E-state index in [0.717, 1.165) is 20.7 Å². The monoisotopic (exact) mass is 458 g/mol. The number of hydrogen-bond donors (Lipinski definition) is 1. The normalized spacial score (nSPS) is 11.1. The molecule has 164 valence electrons. The molecule has 0 unspecified atom stereocenters. The molecule has 0 aliphatic heterocycles. The number of thiophene rings is 1. The highest BCUT2D eigenvalue weighted by Gasteiger charge is 2.30. The van der Waals surface area contributed by atoms with E-state index in [1.54, 1.807) is 16.0 Å². The number of fused-ring (bicyclic) bond motifs is 2. The molecule has 2 N–H and O–H groups in total. The van der Waals surface area contributed by atoms with Gasteiger partial charge in [-0.2, -0.15) is 5.10 Å². The van der Waals surface area contributed by atoms with Crippen LogP contribution in [0.15, 0.2) is 60.7 Å². The third-order valence-electron chi connectivity index (χ3n) is 5.28. The third-order valence-corrected chi connectivity index (χ3v) is 6.40. The number of nitrogens with zero attached hydrogens (tertiary/aromatic N) is 3. The zero-order valence-corrected chi connectivity index (χ0v) is 18.6. The third kappa shape index (κ3) is 3.30. The Hall–Kier alpha value is -4.24. The fourth-order valence-corrected chi connectivity index (χ4v) is 4.80. The number of ether oxygens (including phenoxy) is 2. The summed E-state index contributed by atoms with van der Waals surface area (Å²) in [5.41, 5.74) is 7.81. The average molecular weight is 458 g/mol. The first-order valence-corrected chi connectivity index (χ1v) is 10.8. The van der Waals surface area contributed by atoms with Crippen molar-refractivity contribution in [3.05, 3.63) is 71.9 Å². The summed E-state index contributed by atoms with van der Waals surface area (Å²) in [6.45, 7) is 0. The smallest absolute Gasteiger partial charge is 0.357 e. The quantitative estimate of drug-likeness (QED) is 0.396. The second-order valence-corrected chi connectivity index (χ2v) is 8.26. The number of esters is 2. The Balaban J connectivity index is 1.91. The van der Waals surface area contributed by atoms with E-state index in [4.69, 9.17) is 20.3 Å². The fourth-order valence-electron chi connectivity index (χ4n) is 3.75. The lowest BCUT2D eigenvalue weighted by atomic mass is 10.1. The predicted octanol–water partition coefficient (Wildman–Crippen LogP) is 4.46. The molecule has 0 amide bonds. The van der Waals surface area contributed by atoms with Gasteiger partial charge in [0.15, 0.2) is 11.3 Å². The topological polar surface area (TPSA) is 109 Å². The van der Waals surface area contributed by atoms with E-state index in [1.807, 2.05) is 60.7 Å². The van der Waals surface area contributed by atoms with Gasteiger partial charge in [-0.15, -0.1) is 11.3 Å². The molecular formula is C24H18N4O4S. The van der Waals surface area contributed by atoms with Crippen molar-refractivity contribution < 1.29 is 19.1 Å². The molecule has 0 bridgehead atoms. The first-order valence-electron chi connectivity index (χ1n) is 9.96. The Labute approximate surface area is 192 Å². The van der Waals surface area contributed by atoms with E-state index >= 15 is 0 Å². The number of rotatable bonds is 4. The number of methoxy groups -OCH3 is 2. The van der Waals surface area contributed by atoms with Crippen LogP contribution in [0, 0.1) is 0 Å². The van der Waals surface area contributed by atoms with E-state index in [0.29, 0.717) is 16.7 Å². The summed E-state index contributed by atoms with van der Waals surface area (Å²) in [5, 5.41) is 6.34. The van der Waals surface area contributed by atoms with Gasteiger partial charge in [0.25, 0.3) is 0 Å². The average Bonchev–Trinajstić information content (AvgIpc) is 3.45. The molecule has 3 heterocycles. The molecule has 0 atom stereocenters. The van der Waals surface area contributed by atoms with Crippen LogP contribution in [0.5, 0.6) is 0 Å². The van der Waals surface area contributed by atoms with E-state index in [-0.39, 0.29) is 16.9 Å². The zero-order chi connectivity index (χ0) is 23.1. The van der Waals surface area contributed by atoms with Crippen molar-refractivity contribution in [3.63, 3.8) is 0 Å². The van der Waals surface area contributed by atoms with Crippen molar-refractivity contribution in [2.24, 2.45) is 0 Å². The first kappa shape index (κ1) is 20.7.